The first-order valence-electron chi connectivity index (χ1n) is 9.13. The van der Waals surface area contributed by atoms with E-state index < -0.39 is 0 Å². The van der Waals surface area contributed by atoms with Crippen molar-refractivity contribution in [1.29, 1.82) is 0 Å². The molecule has 0 bridgehead atoms. The average molecular weight is 367 g/mol. The minimum absolute atomic E-state index is 0.00745. The number of methoxy groups -OCH3 is 1. The Bertz CT molecular complexity index is 945. The molecule has 0 saturated carbocycles. The fourth-order valence-electron chi connectivity index (χ4n) is 2.88. The van der Waals surface area contributed by atoms with Crippen molar-refractivity contribution < 1.29 is 14.2 Å². The summed E-state index contributed by atoms with van der Waals surface area (Å²) < 4.78 is 18.3. The van der Waals surface area contributed by atoms with E-state index in [0.717, 1.165) is 29.1 Å². The Morgan fingerprint density at radius 3 is 2.37 bits per heavy atom. The number of fused-ring (bicyclic) bond motifs is 1. The Kier molecular flexibility index (Phi) is 6.01. The third-order valence-corrected chi connectivity index (χ3v) is 4.19. The molecule has 3 aromatic rings. The zero-order chi connectivity index (χ0) is 19.2. The van der Waals surface area contributed by atoms with Gasteiger partial charge in [-0.05, 0) is 74.2 Å². The zero-order valence-electron chi connectivity index (χ0n) is 16.0. The van der Waals surface area contributed by atoms with Crippen molar-refractivity contribution in [3.63, 3.8) is 0 Å². The molecule has 27 heavy (non-hydrogen) atoms. The van der Waals surface area contributed by atoms with Crippen LogP contribution >= 0.6 is 0 Å². The highest BCUT2D eigenvalue weighted by Gasteiger charge is 2.06. The van der Waals surface area contributed by atoms with Crippen LogP contribution in [0, 0.1) is 0 Å². The molecule has 0 amide bonds. The van der Waals surface area contributed by atoms with E-state index in [2.05, 4.69) is 0 Å². The van der Waals surface area contributed by atoms with E-state index in [-0.39, 0.29) is 11.7 Å². The highest BCUT2D eigenvalue weighted by molar-refractivity contribution is 5.82. The Morgan fingerprint density at radius 1 is 0.963 bits per heavy atom. The van der Waals surface area contributed by atoms with Gasteiger partial charge in [-0.25, -0.2) is 0 Å². The first-order valence-corrected chi connectivity index (χ1v) is 9.13. The number of ether oxygens (including phenoxy) is 3. The van der Waals surface area contributed by atoms with Crippen molar-refractivity contribution in [3.05, 3.63) is 65.1 Å². The van der Waals surface area contributed by atoms with Gasteiger partial charge in [0.15, 0.2) is 0 Å². The van der Waals surface area contributed by atoms with Gasteiger partial charge in [0, 0.05) is 18.1 Å². The summed E-state index contributed by atoms with van der Waals surface area (Å²) in [6.45, 7) is 5.11. The van der Waals surface area contributed by atoms with Crippen LogP contribution in [0.3, 0.4) is 0 Å². The summed E-state index contributed by atoms with van der Waals surface area (Å²) in [5, 5.41) is 1.59. The summed E-state index contributed by atoms with van der Waals surface area (Å²) in [5.74, 6) is 2.37. The molecule has 3 rings (SSSR count). The second-order valence-electron chi connectivity index (χ2n) is 6.61. The van der Waals surface area contributed by atoms with Gasteiger partial charge in [0.05, 0.1) is 19.8 Å². The molecule has 0 N–H and O–H groups in total. The Labute approximate surface area is 159 Å². The molecule has 0 unspecified atom stereocenters. The Hall–Kier alpha value is -2.95. The summed E-state index contributed by atoms with van der Waals surface area (Å²) in [5.41, 5.74) is 0.00745. The molecular formula is C22H25NO4. The van der Waals surface area contributed by atoms with Crippen LogP contribution in [0.5, 0.6) is 17.2 Å². The molecule has 0 radical (unpaired) electrons. The predicted octanol–water partition coefficient (Wildman–Crippen LogP) is 4.27. The van der Waals surface area contributed by atoms with Crippen molar-refractivity contribution in [2.24, 2.45) is 0 Å². The summed E-state index contributed by atoms with van der Waals surface area (Å²) in [6.07, 6.45) is 2.68. The van der Waals surface area contributed by atoms with E-state index in [9.17, 15) is 4.79 Å². The van der Waals surface area contributed by atoms with Crippen molar-refractivity contribution in [3.8, 4) is 17.2 Å². The molecule has 0 saturated heterocycles. The summed E-state index contributed by atoms with van der Waals surface area (Å²) in [7, 11) is 1.63. The summed E-state index contributed by atoms with van der Waals surface area (Å²) in [6, 6.07) is 15.0. The van der Waals surface area contributed by atoms with Crippen LogP contribution in [0.4, 0.5) is 0 Å². The first-order chi connectivity index (χ1) is 13.1. The monoisotopic (exact) mass is 367 g/mol. The van der Waals surface area contributed by atoms with E-state index >= 15 is 0 Å². The molecule has 0 atom stereocenters. The topological polar surface area (TPSA) is 49.7 Å². The highest BCUT2D eigenvalue weighted by Crippen LogP contribution is 2.20. The molecule has 5 heteroatoms. The number of benzene rings is 2. The smallest absolute Gasteiger partial charge is 0.258 e. The van der Waals surface area contributed by atoms with Gasteiger partial charge in [0.1, 0.15) is 17.2 Å². The lowest BCUT2D eigenvalue weighted by Gasteiger charge is -2.12. The average Bonchev–Trinajstić information content (AvgIpc) is 2.66. The number of aromatic nitrogens is 1. The van der Waals surface area contributed by atoms with Gasteiger partial charge in [0.2, 0.25) is 0 Å². The van der Waals surface area contributed by atoms with Crippen LogP contribution in [-0.2, 0) is 6.54 Å². The maximum absolute atomic E-state index is 12.7. The van der Waals surface area contributed by atoms with Gasteiger partial charge in [0.25, 0.3) is 5.56 Å². The Morgan fingerprint density at radius 2 is 1.67 bits per heavy atom. The van der Waals surface area contributed by atoms with E-state index in [1.54, 1.807) is 11.7 Å². The molecule has 0 aliphatic carbocycles. The van der Waals surface area contributed by atoms with Crippen LogP contribution in [0.25, 0.3) is 10.8 Å². The van der Waals surface area contributed by atoms with Crippen LogP contribution in [0.15, 0.2) is 59.5 Å². The maximum Gasteiger partial charge on any atom is 0.258 e. The van der Waals surface area contributed by atoms with Crippen molar-refractivity contribution >= 4 is 10.8 Å². The second-order valence-corrected chi connectivity index (χ2v) is 6.61. The van der Waals surface area contributed by atoms with E-state index in [1.807, 2.05) is 68.6 Å². The van der Waals surface area contributed by atoms with E-state index in [1.165, 1.54) is 0 Å². The third-order valence-electron chi connectivity index (χ3n) is 4.19. The second kappa shape index (κ2) is 8.62. The van der Waals surface area contributed by atoms with Crippen molar-refractivity contribution in [2.75, 3.05) is 13.7 Å². The van der Waals surface area contributed by atoms with Gasteiger partial charge in [-0.1, -0.05) is 0 Å². The van der Waals surface area contributed by atoms with E-state index in [4.69, 9.17) is 14.2 Å². The normalized spacial score (nSPS) is 11.0. The lowest BCUT2D eigenvalue weighted by Crippen LogP contribution is -2.20. The molecule has 0 spiro atoms. The summed E-state index contributed by atoms with van der Waals surface area (Å²) >= 11 is 0. The standard InChI is InChI=1S/C22H25NO4/c1-16(2)27-20-9-10-21-17(15-20)11-13-23(22(21)24)12-4-14-26-19-7-5-18(25-3)6-8-19/h5-11,13,15-16H,4,12,14H2,1-3H3. The highest BCUT2D eigenvalue weighted by atomic mass is 16.5. The number of nitrogens with zero attached hydrogens (tertiary/aromatic N) is 1. The van der Waals surface area contributed by atoms with Crippen LogP contribution in [0.2, 0.25) is 0 Å². The number of hydrogen-bond donors (Lipinski definition) is 0. The van der Waals surface area contributed by atoms with Gasteiger partial charge in [-0.2, -0.15) is 0 Å². The number of rotatable bonds is 8. The molecule has 0 aliphatic rings. The number of aryl methyl sites for hydroxylation is 1. The van der Waals surface area contributed by atoms with Crippen LogP contribution in [-0.4, -0.2) is 24.4 Å². The third kappa shape index (κ3) is 4.82. The zero-order valence-corrected chi connectivity index (χ0v) is 16.0. The molecule has 0 aliphatic heterocycles. The molecule has 1 heterocycles. The first kappa shape index (κ1) is 18.8. The van der Waals surface area contributed by atoms with Gasteiger partial charge < -0.3 is 18.8 Å². The maximum atomic E-state index is 12.7. The van der Waals surface area contributed by atoms with Crippen LogP contribution < -0.4 is 19.8 Å². The molecule has 1 aromatic heterocycles. The molecule has 2 aromatic carbocycles. The fourth-order valence-corrected chi connectivity index (χ4v) is 2.88. The lowest BCUT2D eigenvalue weighted by atomic mass is 10.1. The van der Waals surface area contributed by atoms with Gasteiger partial charge in [-0.3, -0.25) is 4.79 Å². The SMILES string of the molecule is COc1ccc(OCCCn2ccc3cc(OC(C)C)ccc3c2=O)cc1. The molecule has 0 fully saturated rings. The summed E-state index contributed by atoms with van der Waals surface area (Å²) in [4.78, 5) is 12.7. The lowest BCUT2D eigenvalue weighted by molar-refractivity contribution is 0.243. The van der Waals surface area contributed by atoms with Gasteiger partial charge >= 0.3 is 0 Å². The Balaban J connectivity index is 1.61. The van der Waals surface area contributed by atoms with Crippen LogP contribution in [0.1, 0.15) is 20.3 Å². The van der Waals surface area contributed by atoms with Crippen molar-refractivity contribution in [2.45, 2.75) is 32.9 Å². The number of pyridine rings is 1. The van der Waals surface area contributed by atoms with E-state index in [0.29, 0.717) is 18.5 Å². The minimum Gasteiger partial charge on any atom is -0.497 e. The van der Waals surface area contributed by atoms with Crippen molar-refractivity contribution in [1.82, 2.24) is 4.57 Å². The van der Waals surface area contributed by atoms with Gasteiger partial charge in [-0.15, -0.1) is 0 Å². The minimum atomic E-state index is 0.00745. The number of hydrogen-bond acceptors (Lipinski definition) is 4. The molecule has 5 nitrogen and oxygen atoms in total. The predicted molar refractivity (Wildman–Crippen MR) is 107 cm³/mol. The largest absolute Gasteiger partial charge is 0.497 e. The molecular weight excluding hydrogens is 342 g/mol. The quantitative estimate of drug-likeness (QED) is 0.558. The molecule has 142 valence electrons. The fraction of sp³-hybridized carbons (Fsp3) is 0.318.